The molecule has 0 unspecified atom stereocenters. The molecule has 0 spiro atoms. The third-order valence-corrected chi connectivity index (χ3v) is 4.42. The van der Waals surface area contributed by atoms with E-state index in [0.29, 0.717) is 0 Å². The van der Waals surface area contributed by atoms with Crippen molar-refractivity contribution in [2.24, 2.45) is 4.99 Å². The number of thiazole rings is 1. The summed E-state index contributed by atoms with van der Waals surface area (Å²) in [6.45, 7) is 5.84. The highest BCUT2D eigenvalue weighted by molar-refractivity contribution is 7.09. The highest BCUT2D eigenvalue weighted by Crippen LogP contribution is 2.10. The Morgan fingerprint density at radius 2 is 2.00 bits per heavy atom. The van der Waals surface area contributed by atoms with Crippen LogP contribution in [0.5, 0.6) is 0 Å². The fourth-order valence-corrected chi connectivity index (χ4v) is 2.83. The normalized spacial score (nSPS) is 11.5. The molecule has 0 aliphatic rings. The number of nitrogens with one attached hydrogen (secondary N) is 2. The molecule has 2 aromatic rings. The van der Waals surface area contributed by atoms with Crippen LogP contribution < -0.4 is 10.6 Å². The standard InChI is InChI=1S/C17H24N4S/c1-4-16-21-15(12-22-16)9-10-19-17(18-3)20-11-14-7-5-13(2)6-8-14/h5-8,12H,4,9-11H2,1-3H3,(H2,18,19,20). The summed E-state index contributed by atoms with van der Waals surface area (Å²) in [5, 5.41) is 10.0. The van der Waals surface area contributed by atoms with Gasteiger partial charge in [0, 0.05) is 31.9 Å². The van der Waals surface area contributed by atoms with E-state index in [2.05, 4.69) is 64.1 Å². The topological polar surface area (TPSA) is 49.3 Å². The van der Waals surface area contributed by atoms with E-state index in [1.54, 1.807) is 18.4 Å². The molecule has 0 saturated carbocycles. The van der Waals surface area contributed by atoms with Crippen molar-refractivity contribution >= 4 is 17.3 Å². The Labute approximate surface area is 136 Å². The number of hydrogen-bond acceptors (Lipinski definition) is 3. The van der Waals surface area contributed by atoms with Gasteiger partial charge in [0.2, 0.25) is 0 Å². The van der Waals surface area contributed by atoms with Crippen molar-refractivity contribution in [3.05, 3.63) is 51.5 Å². The molecule has 22 heavy (non-hydrogen) atoms. The van der Waals surface area contributed by atoms with Crippen LogP contribution in [0.2, 0.25) is 0 Å². The molecule has 0 saturated heterocycles. The lowest BCUT2D eigenvalue weighted by molar-refractivity contribution is 0.785. The van der Waals surface area contributed by atoms with Gasteiger partial charge >= 0.3 is 0 Å². The zero-order valence-electron chi connectivity index (χ0n) is 13.5. The van der Waals surface area contributed by atoms with Gasteiger partial charge in [-0.05, 0) is 18.9 Å². The molecule has 2 N–H and O–H groups in total. The van der Waals surface area contributed by atoms with Crippen molar-refractivity contribution in [3.63, 3.8) is 0 Å². The highest BCUT2D eigenvalue weighted by atomic mass is 32.1. The summed E-state index contributed by atoms with van der Waals surface area (Å²) >= 11 is 1.74. The largest absolute Gasteiger partial charge is 0.356 e. The van der Waals surface area contributed by atoms with E-state index < -0.39 is 0 Å². The average molecular weight is 316 g/mol. The molecule has 1 aromatic carbocycles. The predicted molar refractivity (Wildman–Crippen MR) is 94.6 cm³/mol. The number of benzene rings is 1. The summed E-state index contributed by atoms with van der Waals surface area (Å²) in [7, 11) is 1.79. The highest BCUT2D eigenvalue weighted by Gasteiger charge is 2.02. The second-order valence-corrected chi connectivity index (χ2v) is 6.12. The maximum absolute atomic E-state index is 4.57. The van der Waals surface area contributed by atoms with Crippen LogP contribution in [-0.2, 0) is 19.4 Å². The van der Waals surface area contributed by atoms with E-state index in [1.165, 1.54) is 16.1 Å². The van der Waals surface area contributed by atoms with Gasteiger partial charge in [0.1, 0.15) is 0 Å². The van der Waals surface area contributed by atoms with Crippen molar-refractivity contribution in [3.8, 4) is 0 Å². The van der Waals surface area contributed by atoms with E-state index in [0.717, 1.165) is 37.6 Å². The number of rotatable bonds is 6. The van der Waals surface area contributed by atoms with Crippen molar-refractivity contribution in [2.75, 3.05) is 13.6 Å². The van der Waals surface area contributed by atoms with Crippen molar-refractivity contribution in [1.82, 2.24) is 15.6 Å². The fraction of sp³-hybridized carbons (Fsp3) is 0.412. The summed E-state index contributed by atoms with van der Waals surface area (Å²) in [6.07, 6.45) is 1.93. The Hall–Kier alpha value is -1.88. The molecule has 0 bridgehead atoms. The first-order valence-corrected chi connectivity index (χ1v) is 8.52. The minimum Gasteiger partial charge on any atom is -0.356 e. The Morgan fingerprint density at radius 1 is 1.23 bits per heavy atom. The lowest BCUT2D eigenvalue weighted by atomic mass is 10.1. The molecule has 1 aromatic heterocycles. The Bertz CT molecular complexity index is 601. The number of aliphatic imine (C=N–C) groups is 1. The second-order valence-electron chi connectivity index (χ2n) is 5.17. The molecule has 0 atom stereocenters. The molecule has 1 heterocycles. The smallest absolute Gasteiger partial charge is 0.191 e. The lowest BCUT2D eigenvalue weighted by Gasteiger charge is -2.11. The van der Waals surface area contributed by atoms with E-state index in [1.807, 2.05) is 0 Å². The molecule has 0 aliphatic heterocycles. The first kappa shape index (κ1) is 16.5. The fourth-order valence-electron chi connectivity index (χ4n) is 2.05. The molecule has 5 heteroatoms. The number of guanidine groups is 1. The molecular weight excluding hydrogens is 292 g/mol. The molecular formula is C17H24N4S. The molecule has 0 fully saturated rings. The lowest BCUT2D eigenvalue weighted by Crippen LogP contribution is -2.37. The average Bonchev–Trinajstić information content (AvgIpc) is 3.00. The van der Waals surface area contributed by atoms with Crippen LogP contribution in [0.25, 0.3) is 0 Å². The summed E-state index contributed by atoms with van der Waals surface area (Å²) in [5.41, 5.74) is 3.69. The molecule has 2 rings (SSSR count). The predicted octanol–water partition coefficient (Wildman–Crippen LogP) is 2.92. The van der Waals surface area contributed by atoms with Gasteiger partial charge in [0.25, 0.3) is 0 Å². The number of aryl methyl sites for hydroxylation is 2. The van der Waals surface area contributed by atoms with Crippen LogP contribution in [0.3, 0.4) is 0 Å². The second kappa shape index (κ2) is 8.54. The zero-order chi connectivity index (χ0) is 15.8. The Kier molecular flexibility index (Phi) is 6.40. The Balaban J connectivity index is 1.74. The van der Waals surface area contributed by atoms with Gasteiger partial charge in [-0.2, -0.15) is 0 Å². The summed E-state index contributed by atoms with van der Waals surface area (Å²) in [5.74, 6) is 0.825. The minimum atomic E-state index is 0.774. The molecule has 0 aliphatic carbocycles. The van der Waals surface area contributed by atoms with Gasteiger partial charge in [-0.25, -0.2) is 4.98 Å². The van der Waals surface area contributed by atoms with E-state index in [9.17, 15) is 0 Å². The zero-order valence-corrected chi connectivity index (χ0v) is 14.3. The first-order chi connectivity index (χ1) is 10.7. The van der Waals surface area contributed by atoms with Crippen LogP contribution in [0, 0.1) is 6.92 Å². The van der Waals surface area contributed by atoms with Crippen LogP contribution in [-0.4, -0.2) is 24.5 Å². The quantitative estimate of drug-likeness (QED) is 0.636. The number of hydrogen-bond donors (Lipinski definition) is 2. The van der Waals surface area contributed by atoms with Gasteiger partial charge in [0.05, 0.1) is 10.7 Å². The SMILES string of the molecule is CCc1nc(CCNC(=NC)NCc2ccc(C)cc2)cs1. The van der Waals surface area contributed by atoms with Gasteiger partial charge in [-0.1, -0.05) is 36.8 Å². The van der Waals surface area contributed by atoms with Gasteiger partial charge < -0.3 is 10.6 Å². The summed E-state index contributed by atoms with van der Waals surface area (Å²) in [4.78, 5) is 8.82. The van der Waals surface area contributed by atoms with Crippen LogP contribution in [0.4, 0.5) is 0 Å². The van der Waals surface area contributed by atoms with Gasteiger partial charge in [-0.3, -0.25) is 4.99 Å². The minimum absolute atomic E-state index is 0.774. The van der Waals surface area contributed by atoms with E-state index in [-0.39, 0.29) is 0 Å². The number of nitrogens with zero attached hydrogens (tertiary/aromatic N) is 2. The summed E-state index contributed by atoms with van der Waals surface area (Å²) < 4.78 is 0. The van der Waals surface area contributed by atoms with Crippen molar-refractivity contribution in [1.29, 1.82) is 0 Å². The van der Waals surface area contributed by atoms with Crippen LogP contribution in [0.15, 0.2) is 34.6 Å². The monoisotopic (exact) mass is 316 g/mol. The third kappa shape index (κ3) is 5.15. The molecule has 118 valence electrons. The van der Waals surface area contributed by atoms with E-state index >= 15 is 0 Å². The maximum atomic E-state index is 4.57. The van der Waals surface area contributed by atoms with Crippen LogP contribution in [0.1, 0.15) is 28.8 Å². The van der Waals surface area contributed by atoms with E-state index in [4.69, 9.17) is 0 Å². The third-order valence-electron chi connectivity index (χ3n) is 3.38. The van der Waals surface area contributed by atoms with Gasteiger partial charge in [-0.15, -0.1) is 11.3 Å². The molecule has 4 nitrogen and oxygen atoms in total. The Morgan fingerprint density at radius 3 is 2.64 bits per heavy atom. The van der Waals surface area contributed by atoms with Crippen molar-refractivity contribution < 1.29 is 0 Å². The van der Waals surface area contributed by atoms with Crippen molar-refractivity contribution in [2.45, 2.75) is 33.2 Å². The van der Waals surface area contributed by atoms with Crippen LogP contribution >= 0.6 is 11.3 Å². The van der Waals surface area contributed by atoms with Gasteiger partial charge in [0.15, 0.2) is 5.96 Å². The summed E-state index contributed by atoms with van der Waals surface area (Å²) in [6, 6.07) is 8.52. The molecule has 0 radical (unpaired) electrons. The molecule has 0 amide bonds. The maximum Gasteiger partial charge on any atom is 0.191 e. The first-order valence-electron chi connectivity index (χ1n) is 7.64. The number of aromatic nitrogens is 1.